The van der Waals surface area contributed by atoms with Crippen molar-refractivity contribution in [3.05, 3.63) is 58.1 Å². The third kappa shape index (κ3) is 3.37. The number of aryl methyl sites for hydroxylation is 1. The summed E-state index contributed by atoms with van der Waals surface area (Å²) in [6.45, 7) is 4.11. The first-order chi connectivity index (χ1) is 9.11. The van der Waals surface area contributed by atoms with Gasteiger partial charge in [-0.15, -0.1) is 0 Å². The number of ether oxygens (including phenoxy) is 1. The second kappa shape index (κ2) is 6.22. The highest BCUT2D eigenvalue weighted by molar-refractivity contribution is 9.10. The van der Waals surface area contributed by atoms with Gasteiger partial charge in [-0.3, -0.25) is 0 Å². The molecule has 2 N–H and O–H groups in total. The van der Waals surface area contributed by atoms with E-state index in [1.165, 1.54) is 0 Å². The van der Waals surface area contributed by atoms with Crippen LogP contribution >= 0.6 is 15.9 Å². The predicted molar refractivity (Wildman–Crippen MR) is 82.6 cm³/mol. The van der Waals surface area contributed by atoms with Crippen molar-refractivity contribution in [2.75, 3.05) is 0 Å². The zero-order valence-electron chi connectivity index (χ0n) is 11.2. The highest BCUT2D eigenvalue weighted by Gasteiger charge is 2.11. The summed E-state index contributed by atoms with van der Waals surface area (Å²) in [7, 11) is 0. The first-order valence-electron chi connectivity index (χ1n) is 6.40. The molecule has 0 saturated heterocycles. The quantitative estimate of drug-likeness (QED) is 0.864. The Hall–Kier alpha value is -1.32. The molecule has 100 valence electrons. The Morgan fingerprint density at radius 2 is 1.89 bits per heavy atom. The molecule has 0 aliphatic heterocycles. The van der Waals surface area contributed by atoms with Crippen molar-refractivity contribution >= 4 is 15.9 Å². The SMILES string of the molecule is CC[C@H](N)c1ccccc1Oc1cc(Br)ccc1C. The molecule has 1 atom stereocenters. The lowest BCUT2D eigenvalue weighted by molar-refractivity contribution is 0.465. The van der Waals surface area contributed by atoms with Crippen LogP contribution in [0.15, 0.2) is 46.9 Å². The Morgan fingerprint density at radius 3 is 2.63 bits per heavy atom. The normalized spacial score (nSPS) is 12.2. The molecule has 0 unspecified atom stereocenters. The van der Waals surface area contributed by atoms with E-state index in [-0.39, 0.29) is 6.04 Å². The third-order valence-electron chi connectivity index (χ3n) is 3.13. The van der Waals surface area contributed by atoms with Gasteiger partial charge in [-0.2, -0.15) is 0 Å². The average molecular weight is 320 g/mol. The van der Waals surface area contributed by atoms with Gasteiger partial charge in [0.15, 0.2) is 0 Å². The van der Waals surface area contributed by atoms with E-state index in [0.29, 0.717) is 0 Å². The number of hydrogen-bond acceptors (Lipinski definition) is 2. The summed E-state index contributed by atoms with van der Waals surface area (Å²) in [5, 5.41) is 0. The molecular formula is C16H18BrNO. The molecule has 19 heavy (non-hydrogen) atoms. The summed E-state index contributed by atoms with van der Waals surface area (Å²) < 4.78 is 7.04. The molecule has 0 heterocycles. The molecule has 0 saturated carbocycles. The predicted octanol–water partition coefficient (Wildman–Crippen LogP) is 4.96. The van der Waals surface area contributed by atoms with Gasteiger partial charge in [0.25, 0.3) is 0 Å². The first-order valence-corrected chi connectivity index (χ1v) is 7.19. The van der Waals surface area contributed by atoms with Crippen LogP contribution in [0, 0.1) is 6.92 Å². The number of halogens is 1. The molecule has 0 radical (unpaired) electrons. The summed E-state index contributed by atoms with van der Waals surface area (Å²) in [5.74, 6) is 1.68. The summed E-state index contributed by atoms with van der Waals surface area (Å²) in [4.78, 5) is 0. The summed E-state index contributed by atoms with van der Waals surface area (Å²) in [6, 6.07) is 14.0. The van der Waals surface area contributed by atoms with Crippen LogP contribution < -0.4 is 10.5 Å². The minimum Gasteiger partial charge on any atom is -0.457 e. The molecule has 0 aromatic heterocycles. The van der Waals surface area contributed by atoms with Crippen LogP contribution in [-0.4, -0.2) is 0 Å². The molecule has 0 aliphatic rings. The van der Waals surface area contributed by atoms with E-state index < -0.39 is 0 Å². The number of benzene rings is 2. The highest BCUT2D eigenvalue weighted by Crippen LogP contribution is 2.32. The molecule has 0 bridgehead atoms. The van der Waals surface area contributed by atoms with Crippen molar-refractivity contribution in [2.24, 2.45) is 5.73 Å². The third-order valence-corrected chi connectivity index (χ3v) is 3.62. The van der Waals surface area contributed by atoms with Crippen LogP contribution in [0.25, 0.3) is 0 Å². The molecule has 3 heteroatoms. The maximum absolute atomic E-state index is 6.13. The standard InChI is InChI=1S/C16H18BrNO/c1-3-14(18)13-6-4-5-7-15(13)19-16-10-12(17)9-8-11(16)2/h4-10,14H,3,18H2,1-2H3/t14-/m0/s1. The van der Waals surface area contributed by atoms with Crippen molar-refractivity contribution in [1.29, 1.82) is 0 Å². The van der Waals surface area contributed by atoms with Gasteiger partial charge < -0.3 is 10.5 Å². The highest BCUT2D eigenvalue weighted by atomic mass is 79.9. The maximum atomic E-state index is 6.13. The van der Waals surface area contributed by atoms with E-state index >= 15 is 0 Å². The smallest absolute Gasteiger partial charge is 0.132 e. The molecule has 2 rings (SSSR count). The number of rotatable bonds is 4. The Bertz CT molecular complexity index is 568. The van der Waals surface area contributed by atoms with Gasteiger partial charge in [-0.25, -0.2) is 0 Å². The van der Waals surface area contributed by atoms with Crippen LogP contribution in [0.1, 0.15) is 30.5 Å². The zero-order valence-corrected chi connectivity index (χ0v) is 12.8. The maximum Gasteiger partial charge on any atom is 0.132 e. The van der Waals surface area contributed by atoms with Gasteiger partial charge in [0.1, 0.15) is 11.5 Å². The van der Waals surface area contributed by atoms with Crippen molar-refractivity contribution in [3.63, 3.8) is 0 Å². The molecule has 0 amide bonds. The fraction of sp³-hybridized carbons (Fsp3) is 0.250. The average Bonchev–Trinajstić information content (AvgIpc) is 2.42. The lowest BCUT2D eigenvalue weighted by atomic mass is 10.0. The van der Waals surface area contributed by atoms with Gasteiger partial charge in [0, 0.05) is 16.1 Å². The van der Waals surface area contributed by atoms with Crippen molar-refractivity contribution in [1.82, 2.24) is 0 Å². The van der Waals surface area contributed by atoms with E-state index in [1.807, 2.05) is 49.4 Å². The fourth-order valence-electron chi connectivity index (χ4n) is 1.90. The zero-order chi connectivity index (χ0) is 13.8. The number of hydrogen-bond donors (Lipinski definition) is 1. The summed E-state index contributed by atoms with van der Waals surface area (Å²) >= 11 is 3.47. The van der Waals surface area contributed by atoms with E-state index in [0.717, 1.165) is 33.5 Å². The molecule has 2 aromatic rings. The van der Waals surface area contributed by atoms with Gasteiger partial charge in [-0.05, 0) is 37.1 Å². The fourth-order valence-corrected chi connectivity index (χ4v) is 2.24. The van der Waals surface area contributed by atoms with Gasteiger partial charge in [0.2, 0.25) is 0 Å². The van der Waals surface area contributed by atoms with Gasteiger partial charge in [0.05, 0.1) is 0 Å². The minimum atomic E-state index is 0.00339. The van der Waals surface area contributed by atoms with E-state index in [1.54, 1.807) is 0 Å². The molecule has 2 nitrogen and oxygen atoms in total. The second-order valence-corrected chi connectivity index (χ2v) is 5.48. The second-order valence-electron chi connectivity index (χ2n) is 4.56. The summed E-state index contributed by atoms with van der Waals surface area (Å²) in [5.41, 5.74) is 8.27. The Labute approximate surface area is 122 Å². The van der Waals surface area contributed by atoms with Crippen molar-refractivity contribution in [2.45, 2.75) is 26.3 Å². The lowest BCUT2D eigenvalue weighted by Crippen LogP contribution is -2.09. The van der Waals surface area contributed by atoms with Gasteiger partial charge >= 0.3 is 0 Å². The lowest BCUT2D eigenvalue weighted by Gasteiger charge is -2.16. The van der Waals surface area contributed by atoms with E-state index in [2.05, 4.69) is 22.9 Å². The Kier molecular flexibility index (Phi) is 4.61. The molecule has 0 fully saturated rings. The largest absolute Gasteiger partial charge is 0.457 e. The van der Waals surface area contributed by atoms with Crippen LogP contribution in [0.2, 0.25) is 0 Å². The van der Waals surface area contributed by atoms with Crippen molar-refractivity contribution in [3.8, 4) is 11.5 Å². The number of para-hydroxylation sites is 1. The van der Waals surface area contributed by atoms with Gasteiger partial charge in [-0.1, -0.05) is 47.1 Å². The number of nitrogens with two attached hydrogens (primary N) is 1. The van der Waals surface area contributed by atoms with E-state index in [9.17, 15) is 0 Å². The van der Waals surface area contributed by atoms with E-state index in [4.69, 9.17) is 10.5 Å². The molecule has 0 spiro atoms. The summed E-state index contributed by atoms with van der Waals surface area (Å²) in [6.07, 6.45) is 0.887. The first kappa shape index (κ1) is 14.1. The molecular weight excluding hydrogens is 302 g/mol. The molecule has 2 aromatic carbocycles. The van der Waals surface area contributed by atoms with Crippen LogP contribution in [0.3, 0.4) is 0 Å². The van der Waals surface area contributed by atoms with Crippen LogP contribution in [0.4, 0.5) is 0 Å². The minimum absolute atomic E-state index is 0.00339. The van der Waals surface area contributed by atoms with Crippen LogP contribution in [0.5, 0.6) is 11.5 Å². The Morgan fingerprint density at radius 1 is 1.16 bits per heavy atom. The molecule has 0 aliphatic carbocycles. The topological polar surface area (TPSA) is 35.2 Å². The van der Waals surface area contributed by atoms with Crippen molar-refractivity contribution < 1.29 is 4.74 Å². The van der Waals surface area contributed by atoms with Crippen LogP contribution in [-0.2, 0) is 0 Å². The Balaban J connectivity index is 2.35. The monoisotopic (exact) mass is 319 g/mol.